The van der Waals surface area contributed by atoms with Crippen molar-refractivity contribution < 1.29 is 0 Å². The Morgan fingerprint density at radius 3 is 2.64 bits per heavy atom. The first-order valence-corrected chi connectivity index (χ1v) is 8.58. The fraction of sp³-hybridized carbons (Fsp3) is 0.111. The Morgan fingerprint density at radius 1 is 1.04 bits per heavy atom. The minimum Gasteiger partial charge on any atom is -0.299 e. The smallest absolute Gasteiger partial charge is 0.175 e. The molecule has 0 aliphatic carbocycles. The molecule has 7 heteroatoms. The molecule has 4 aromatic rings. The number of fused-ring (bicyclic) bond motifs is 1. The molecule has 0 aliphatic heterocycles. The standard InChI is InChI=1S/C18H15BrN6/c1-12-13(2)25-18(10-20-12)22-16(23-25)8-9-17-21-15(19)11-24(17)14-6-4-3-5-7-14/h3-11H,1-2H3/b9-8+. The van der Waals surface area contributed by atoms with Gasteiger partial charge in [-0.3, -0.25) is 9.55 Å². The minimum absolute atomic E-state index is 0.620. The van der Waals surface area contributed by atoms with Crippen molar-refractivity contribution in [1.82, 2.24) is 29.1 Å². The lowest BCUT2D eigenvalue weighted by atomic mass is 10.3. The zero-order valence-electron chi connectivity index (χ0n) is 13.8. The van der Waals surface area contributed by atoms with Crippen LogP contribution in [0.1, 0.15) is 23.0 Å². The van der Waals surface area contributed by atoms with Crippen LogP contribution >= 0.6 is 15.9 Å². The molecular weight excluding hydrogens is 380 g/mol. The first-order chi connectivity index (χ1) is 12.1. The van der Waals surface area contributed by atoms with Crippen molar-refractivity contribution in [2.24, 2.45) is 0 Å². The van der Waals surface area contributed by atoms with Crippen LogP contribution in [0.15, 0.2) is 47.3 Å². The Morgan fingerprint density at radius 2 is 1.84 bits per heavy atom. The average Bonchev–Trinajstić information content (AvgIpc) is 3.21. The van der Waals surface area contributed by atoms with E-state index >= 15 is 0 Å². The van der Waals surface area contributed by atoms with Crippen molar-refractivity contribution >= 4 is 33.7 Å². The van der Waals surface area contributed by atoms with Gasteiger partial charge in [0.25, 0.3) is 0 Å². The molecule has 0 aliphatic rings. The van der Waals surface area contributed by atoms with E-state index in [-0.39, 0.29) is 0 Å². The largest absolute Gasteiger partial charge is 0.299 e. The fourth-order valence-corrected chi connectivity index (χ4v) is 2.96. The molecule has 0 bridgehead atoms. The van der Waals surface area contributed by atoms with Crippen molar-refractivity contribution in [3.05, 3.63) is 70.4 Å². The topological polar surface area (TPSA) is 60.9 Å². The van der Waals surface area contributed by atoms with Crippen LogP contribution in [0, 0.1) is 13.8 Å². The second-order valence-corrected chi connectivity index (χ2v) is 6.44. The van der Waals surface area contributed by atoms with E-state index in [1.54, 1.807) is 6.20 Å². The van der Waals surface area contributed by atoms with E-state index < -0.39 is 0 Å². The summed E-state index contributed by atoms with van der Waals surface area (Å²) in [4.78, 5) is 13.3. The molecule has 4 rings (SSSR count). The zero-order chi connectivity index (χ0) is 17.4. The molecular formula is C18H15BrN6. The second kappa shape index (κ2) is 6.25. The molecule has 3 aromatic heterocycles. The van der Waals surface area contributed by atoms with E-state index in [1.165, 1.54) is 0 Å². The van der Waals surface area contributed by atoms with Gasteiger partial charge >= 0.3 is 0 Å². The molecule has 0 N–H and O–H groups in total. The van der Waals surface area contributed by atoms with Crippen molar-refractivity contribution in [1.29, 1.82) is 0 Å². The van der Waals surface area contributed by atoms with Crippen LogP contribution < -0.4 is 0 Å². The summed E-state index contributed by atoms with van der Waals surface area (Å²) in [6.45, 7) is 3.94. The van der Waals surface area contributed by atoms with Gasteiger partial charge in [0.05, 0.1) is 17.6 Å². The predicted octanol–water partition coefficient (Wildman–Crippen LogP) is 3.86. The third-order valence-electron chi connectivity index (χ3n) is 3.98. The highest BCUT2D eigenvalue weighted by atomic mass is 79.9. The molecule has 6 nitrogen and oxygen atoms in total. The Labute approximate surface area is 153 Å². The van der Waals surface area contributed by atoms with Crippen LogP contribution in [0.2, 0.25) is 0 Å². The van der Waals surface area contributed by atoms with Gasteiger partial charge in [0.1, 0.15) is 10.4 Å². The number of benzene rings is 1. The number of imidazole rings is 1. The maximum absolute atomic E-state index is 4.53. The summed E-state index contributed by atoms with van der Waals surface area (Å²) in [5.74, 6) is 1.41. The quantitative estimate of drug-likeness (QED) is 0.529. The van der Waals surface area contributed by atoms with Gasteiger partial charge in [-0.25, -0.2) is 14.5 Å². The van der Waals surface area contributed by atoms with Gasteiger partial charge < -0.3 is 0 Å². The zero-order valence-corrected chi connectivity index (χ0v) is 15.3. The highest BCUT2D eigenvalue weighted by Gasteiger charge is 2.08. The third kappa shape index (κ3) is 2.98. The van der Waals surface area contributed by atoms with Crippen molar-refractivity contribution in [2.75, 3.05) is 0 Å². The Hall–Kier alpha value is -2.80. The molecule has 0 amide bonds. The van der Waals surface area contributed by atoms with Crippen LogP contribution in [-0.4, -0.2) is 29.1 Å². The summed E-state index contributed by atoms with van der Waals surface area (Å²) >= 11 is 3.44. The van der Waals surface area contributed by atoms with Crippen LogP contribution in [0.5, 0.6) is 0 Å². The van der Waals surface area contributed by atoms with Crippen molar-refractivity contribution in [3.8, 4) is 5.69 Å². The molecule has 25 heavy (non-hydrogen) atoms. The molecule has 1 aromatic carbocycles. The Balaban J connectivity index is 1.72. The minimum atomic E-state index is 0.620. The molecule has 0 spiro atoms. The van der Waals surface area contributed by atoms with Crippen molar-refractivity contribution in [3.63, 3.8) is 0 Å². The normalized spacial score (nSPS) is 11.6. The van der Waals surface area contributed by atoms with Gasteiger partial charge in [0.15, 0.2) is 11.5 Å². The van der Waals surface area contributed by atoms with Gasteiger partial charge in [0, 0.05) is 11.9 Å². The first kappa shape index (κ1) is 15.7. The van der Waals surface area contributed by atoms with Crippen LogP contribution in [0.25, 0.3) is 23.5 Å². The monoisotopic (exact) mass is 394 g/mol. The third-order valence-corrected chi connectivity index (χ3v) is 4.37. The first-order valence-electron chi connectivity index (χ1n) is 7.79. The SMILES string of the molecule is Cc1ncc2nc(/C=C/c3nc(Br)cn3-c3ccccc3)nn2c1C. The van der Waals surface area contributed by atoms with Crippen LogP contribution in [0.4, 0.5) is 0 Å². The second-order valence-electron chi connectivity index (χ2n) is 5.63. The van der Waals surface area contributed by atoms with E-state index in [0.717, 1.165) is 33.2 Å². The van der Waals surface area contributed by atoms with E-state index in [9.17, 15) is 0 Å². The Kier molecular flexibility index (Phi) is 3.93. The number of aryl methyl sites for hydroxylation is 2. The summed E-state index contributed by atoms with van der Waals surface area (Å²) < 4.78 is 4.59. The van der Waals surface area contributed by atoms with Gasteiger partial charge in [0.2, 0.25) is 0 Å². The van der Waals surface area contributed by atoms with E-state index in [2.05, 4.69) is 36.0 Å². The lowest BCUT2D eigenvalue weighted by Gasteiger charge is -2.03. The molecule has 0 radical (unpaired) electrons. The number of nitrogens with zero attached hydrogens (tertiary/aromatic N) is 6. The fourth-order valence-electron chi connectivity index (χ4n) is 2.57. The molecule has 0 saturated carbocycles. The van der Waals surface area contributed by atoms with E-state index in [4.69, 9.17) is 0 Å². The maximum Gasteiger partial charge on any atom is 0.175 e. The van der Waals surface area contributed by atoms with Crippen LogP contribution in [0.3, 0.4) is 0 Å². The summed E-state index contributed by atoms with van der Waals surface area (Å²) in [7, 11) is 0. The number of hydrogen-bond donors (Lipinski definition) is 0. The number of hydrogen-bond acceptors (Lipinski definition) is 4. The van der Waals surface area contributed by atoms with E-state index in [1.807, 2.05) is 71.6 Å². The molecule has 0 saturated heterocycles. The molecule has 124 valence electrons. The van der Waals surface area contributed by atoms with Gasteiger partial charge in [-0.2, -0.15) is 0 Å². The van der Waals surface area contributed by atoms with E-state index in [0.29, 0.717) is 5.82 Å². The molecule has 0 atom stereocenters. The summed E-state index contributed by atoms with van der Waals surface area (Å²) in [5, 5.41) is 4.53. The maximum atomic E-state index is 4.53. The molecule has 0 unspecified atom stereocenters. The van der Waals surface area contributed by atoms with Gasteiger partial charge in [-0.05, 0) is 54.1 Å². The summed E-state index contributed by atoms with van der Waals surface area (Å²) in [6, 6.07) is 10.1. The van der Waals surface area contributed by atoms with Gasteiger partial charge in [-0.1, -0.05) is 18.2 Å². The summed E-state index contributed by atoms with van der Waals surface area (Å²) in [5.41, 5.74) is 3.70. The molecule has 3 heterocycles. The lowest BCUT2D eigenvalue weighted by molar-refractivity contribution is 0.874. The number of halogens is 1. The average molecular weight is 395 g/mol. The summed E-state index contributed by atoms with van der Waals surface area (Å²) in [6.07, 6.45) is 7.43. The number of para-hydroxylation sites is 1. The molecule has 0 fully saturated rings. The highest BCUT2D eigenvalue weighted by Crippen LogP contribution is 2.18. The lowest BCUT2D eigenvalue weighted by Crippen LogP contribution is -1.98. The van der Waals surface area contributed by atoms with Gasteiger partial charge in [-0.15, -0.1) is 5.10 Å². The number of rotatable bonds is 3. The van der Waals surface area contributed by atoms with Crippen LogP contribution in [-0.2, 0) is 0 Å². The predicted molar refractivity (Wildman–Crippen MR) is 100 cm³/mol. The highest BCUT2D eigenvalue weighted by molar-refractivity contribution is 9.10. The number of aromatic nitrogens is 6. The Bertz CT molecular complexity index is 1080. The van der Waals surface area contributed by atoms with Crippen molar-refractivity contribution in [2.45, 2.75) is 13.8 Å².